The molecule has 0 bridgehead atoms. The van der Waals surface area contributed by atoms with Crippen molar-refractivity contribution in [1.82, 2.24) is 9.97 Å². The molecule has 120 valence electrons. The van der Waals surface area contributed by atoms with Gasteiger partial charge in [0.05, 0.1) is 11.1 Å². The van der Waals surface area contributed by atoms with Gasteiger partial charge in [0.25, 0.3) is 0 Å². The van der Waals surface area contributed by atoms with Crippen molar-refractivity contribution in [2.45, 2.75) is 6.54 Å². The first-order valence-electron chi connectivity index (χ1n) is 7.32. The summed E-state index contributed by atoms with van der Waals surface area (Å²) in [5.74, 6) is 1.02. The van der Waals surface area contributed by atoms with E-state index in [-0.39, 0.29) is 12.4 Å². The van der Waals surface area contributed by atoms with Gasteiger partial charge >= 0.3 is 5.97 Å². The number of ether oxygens (including phenoxy) is 2. The molecule has 1 aliphatic rings. The van der Waals surface area contributed by atoms with Crippen LogP contribution in [0.25, 0.3) is 10.9 Å². The molecule has 7 nitrogen and oxygen atoms in total. The quantitative estimate of drug-likeness (QED) is 0.762. The molecule has 3 aromatic rings. The summed E-state index contributed by atoms with van der Waals surface area (Å²) in [5.41, 5.74) is 1.56. The van der Waals surface area contributed by atoms with Crippen LogP contribution in [-0.2, 0) is 6.54 Å². The molecule has 7 heteroatoms. The van der Waals surface area contributed by atoms with Gasteiger partial charge in [0, 0.05) is 11.9 Å². The van der Waals surface area contributed by atoms with Crippen LogP contribution in [0.1, 0.15) is 15.9 Å². The smallest absolute Gasteiger partial charge is 0.337 e. The SMILES string of the molecule is O=C(O)c1cccc2c(NCc3ccc4c(c3)OCO4)ncnc12. The molecule has 2 N–H and O–H groups in total. The van der Waals surface area contributed by atoms with Gasteiger partial charge in [-0.05, 0) is 29.8 Å². The van der Waals surface area contributed by atoms with E-state index in [0.29, 0.717) is 23.3 Å². The number of aromatic nitrogens is 2. The maximum atomic E-state index is 11.3. The third kappa shape index (κ3) is 2.45. The van der Waals surface area contributed by atoms with E-state index < -0.39 is 5.97 Å². The zero-order chi connectivity index (χ0) is 16.5. The molecule has 4 rings (SSSR count). The zero-order valence-corrected chi connectivity index (χ0v) is 12.5. The van der Waals surface area contributed by atoms with E-state index in [2.05, 4.69) is 15.3 Å². The van der Waals surface area contributed by atoms with Crippen molar-refractivity contribution in [1.29, 1.82) is 0 Å². The van der Waals surface area contributed by atoms with Crippen LogP contribution in [0, 0.1) is 0 Å². The molecule has 24 heavy (non-hydrogen) atoms. The molecule has 2 heterocycles. The molecule has 2 aromatic carbocycles. The fourth-order valence-electron chi connectivity index (χ4n) is 2.64. The van der Waals surface area contributed by atoms with Crippen LogP contribution in [0.4, 0.5) is 5.82 Å². The van der Waals surface area contributed by atoms with E-state index in [4.69, 9.17) is 9.47 Å². The highest BCUT2D eigenvalue weighted by Gasteiger charge is 2.14. The first-order chi connectivity index (χ1) is 11.7. The van der Waals surface area contributed by atoms with Gasteiger partial charge in [-0.1, -0.05) is 12.1 Å². The molecule has 0 radical (unpaired) electrons. The average molecular weight is 323 g/mol. The average Bonchev–Trinajstić information content (AvgIpc) is 3.07. The van der Waals surface area contributed by atoms with Crippen molar-refractivity contribution in [3.05, 3.63) is 53.9 Å². The number of carboxylic acid groups (broad SMARTS) is 1. The number of carboxylic acids is 1. The number of carbonyl (C=O) groups is 1. The van der Waals surface area contributed by atoms with Gasteiger partial charge in [-0.15, -0.1) is 0 Å². The Balaban J connectivity index is 1.63. The topological polar surface area (TPSA) is 93.6 Å². The van der Waals surface area contributed by atoms with Gasteiger partial charge in [0.15, 0.2) is 11.5 Å². The van der Waals surface area contributed by atoms with Crippen LogP contribution >= 0.6 is 0 Å². The highest BCUT2D eigenvalue weighted by molar-refractivity contribution is 6.04. The predicted molar refractivity (Wildman–Crippen MR) is 86.4 cm³/mol. The van der Waals surface area contributed by atoms with Crippen molar-refractivity contribution in [3.63, 3.8) is 0 Å². The number of hydrogen-bond acceptors (Lipinski definition) is 6. The first kappa shape index (κ1) is 14.3. The van der Waals surface area contributed by atoms with E-state index in [1.807, 2.05) is 18.2 Å². The van der Waals surface area contributed by atoms with Crippen LogP contribution in [0.5, 0.6) is 11.5 Å². The number of fused-ring (bicyclic) bond motifs is 2. The number of hydrogen-bond donors (Lipinski definition) is 2. The van der Waals surface area contributed by atoms with Crippen LogP contribution in [0.15, 0.2) is 42.7 Å². The van der Waals surface area contributed by atoms with Gasteiger partial charge in [0.1, 0.15) is 12.1 Å². The third-order valence-electron chi connectivity index (χ3n) is 3.79. The van der Waals surface area contributed by atoms with Crippen LogP contribution in [0.3, 0.4) is 0 Å². The Morgan fingerprint density at radius 3 is 2.92 bits per heavy atom. The number of nitrogens with one attached hydrogen (secondary N) is 1. The Hall–Kier alpha value is -3.35. The lowest BCUT2D eigenvalue weighted by Crippen LogP contribution is -2.05. The van der Waals surface area contributed by atoms with Crippen molar-refractivity contribution in [2.24, 2.45) is 0 Å². The van der Waals surface area contributed by atoms with Gasteiger partial charge in [-0.2, -0.15) is 0 Å². The largest absolute Gasteiger partial charge is 0.478 e. The number of benzene rings is 2. The Morgan fingerprint density at radius 2 is 2.04 bits per heavy atom. The summed E-state index contributed by atoms with van der Waals surface area (Å²) in [6, 6.07) is 10.7. The molecule has 0 saturated carbocycles. The van der Waals surface area contributed by atoms with Crippen LogP contribution in [0.2, 0.25) is 0 Å². The number of nitrogens with zero attached hydrogens (tertiary/aromatic N) is 2. The zero-order valence-electron chi connectivity index (χ0n) is 12.5. The maximum absolute atomic E-state index is 11.3. The molecule has 0 atom stereocenters. The molecule has 0 fully saturated rings. The molecule has 0 aliphatic carbocycles. The van der Waals surface area contributed by atoms with E-state index in [0.717, 1.165) is 17.1 Å². The minimum absolute atomic E-state index is 0.154. The van der Waals surface area contributed by atoms with Crippen LogP contribution in [-0.4, -0.2) is 27.8 Å². The van der Waals surface area contributed by atoms with E-state index in [9.17, 15) is 9.90 Å². The summed E-state index contributed by atoms with van der Waals surface area (Å²) in [6.07, 6.45) is 1.36. The van der Waals surface area contributed by atoms with E-state index >= 15 is 0 Å². The Bertz CT molecular complexity index is 942. The number of anilines is 1. The lowest BCUT2D eigenvalue weighted by molar-refractivity contribution is 0.0699. The Morgan fingerprint density at radius 1 is 1.17 bits per heavy atom. The highest BCUT2D eigenvalue weighted by atomic mass is 16.7. The molecule has 1 aromatic heterocycles. The minimum Gasteiger partial charge on any atom is -0.478 e. The second-order valence-corrected chi connectivity index (χ2v) is 5.27. The van der Waals surface area contributed by atoms with Gasteiger partial charge < -0.3 is 19.9 Å². The van der Waals surface area contributed by atoms with Crippen molar-refractivity contribution < 1.29 is 19.4 Å². The predicted octanol–water partition coefficient (Wildman–Crippen LogP) is 2.67. The second kappa shape index (κ2) is 5.69. The second-order valence-electron chi connectivity index (χ2n) is 5.27. The fraction of sp³-hybridized carbons (Fsp3) is 0.118. The summed E-state index contributed by atoms with van der Waals surface area (Å²) in [5, 5.41) is 13.2. The lowest BCUT2D eigenvalue weighted by atomic mass is 10.1. The van der Waals surface area contributed by atoms with Crippen molar-refractivity contribution in [3.8, 4) is 11.5 Å². The first-order valence-corrected chi connectivity index (χ1v) is 7.32. The van der Waals surface area contributed by atoms with Crippen molar-refractivity contribution in [2.75, 3.05) is 12.1 Å². The van der Waals surface area contributed by atoms with E-state index in [1.165, 1.54) is 12.4 Å². The monoisotopic (exact) mass is 323 g/mol. The normalized spacial score (nSPS) is 12.3. The summed E-state index contributed by atoms with van der Waals surface area (Å²) >= 11 is 0. The van der Waals surface area contributed by atoms with Gasteiger partial charge in [-0.25, -0.2) is 14.8 Å². The summed E-state index contributed by atoms with van der Waals surface area (Å²) in [4.78, 5) is 19.6. The number of rotatable bonds is 4. The van der Waals surface area contributed by atoms with Gasteiger partial charge in [0.2, 0.25) is 6.79 Å². The van der Waals surface area contributed by atoms with Gasteiger partial charge in [-0.3, -0.25) is 0 Å². The maximum Gasteiger partial charge on any atom is 0.337 e. The van der Waals surface area contributed by atoms with Crippen LogP contribution < -0.4 is 14.8 Å². The minimum atomic E-state index is -1.01. The lowest BCUT2D eigenvalue weighted by Gasteiger charge is -2.10. The highest BCUT2D eigenvalue weighted by Crippen LogP contribution is 2.32. The van der Waals surface area contributed by atoms with Crippen molar-refractivity contribution >= 4 is 22.7 Å². The molecule has 0 saturated heterocycles. The molecule has 0 amide bonds. The molecule has 0 spiro atoms. The summed E-state index contributed by atoms with van der Waals surface area (Å²) in [7, 11) is 0. The number of para-hydroxylation sites is 1. The summed E-state index contributed by atoms with van der Waals surface area (Å²) in [6.45, 7) is 0.751. The molecular weight excluding hydrogens is 310 g/mol. The van der Waals surface area contributed by atoms with E-state index in [1.54, 1.807) is 12.1 Å². The molecular formula is C17H13N3O4. The summed E-state index contributed by atoms with van der Waals surface area (Å²) < 4.78 is 10.7. The number of aromatic carboxylic acids is 1. The standard InChI is InChI=1S/C17H13N3O4/c21-17(22)12-3-1-2-11-15(12)19-8-20-16(11)18-7-10-4-5-13-14(6-10)24-9-23-13/h1-6,8H,7,9H2,(H,21,22)(H,18,19,20). The molecule has 0 unspecified atom stereocenters. The Kier molecular flexibility index (Phi) is 3.38. The molecule has 1 aliphatic heterocycles. The Labute approximate surface area is 136 Å². The third-order valence-corrected chi connectivity index (χ3v) is 3.79. The fourth-order valence-corrected chi connectivity index (χ4v) is 2.64.